The molecular weight excluding hydrogens is 364 g/mol. The van der Waals surface area contributed by atoms with Crippen LogP contribution in [0.15, 0.2) is 70.7 Å². The fourth-order valence-electron chi connectivity index (χ4n) is 2.79. The standard InChI is InChI=1S/C21H15ClN2O3/c1-13-7-8-14(11-18(13)22)19-10-9-16(27-19)12-17-20(25)23-24(21(17)26)15-5-3-2-4-6-15/h2-12H,1H3,(H,23,25)/b17-12+. The number of para-hydroxylation sites is 1. The summed E-state index contributed by atoms with van der Waals surface area (Å²) < 4.78 is 5.78. The summed E-state index contributed by atoms with van der Waals surface area (Å²) in [6.45, 7) is 1.92. The van der Waals surface area contributed by atoms with Crippen molar-refractivity contribution >= 4 is 35.2 Å². The maximum atomic E-state index is 12.6. The van der Waals surface area contributed by atoms with Crippen molar-refractivity contribution in [3.8, 4) is 11.3 Å². The normalized spacial score (nSPS) is 15.5. The Hall–Kier alpha value is -3.31. The molecule has 3 aromatic rings. The molecule has 2 amide bonds. The van der Waals surface area contributed by atoms with Crippen LogP contribution in [-0.4, -0.2) is 11.8 Å². The van der Waals surface area contributed by atoms with Crippen LogP contribution in [0.4, 0.5) is 5.69 Å². The summed E-state index contributed by atoms with van der Waals surface area (Å²) in [5, 5.41) is 1.87. The molecule has 1 saturated heterocycles. The molecule has 2 heterocycles. The zero-order chi connectivity index (χ0) is 19.0. The second-order valence-electron chi connectivity index (χ2n) is 6.14. The third-order valence-electron chi connectivity index (χ3n) is 4.28. The number of amides is 2. The highest BCUT2D eigenvalue weighted by Crippen LogP contribution is 2.28. The number of hydrogen-bond acceptors (Lipinski definition) is 3. The minimum absolute atomic E-state index is 0.0155. The lowest BCUT2D eigenvalue weighted by Crippen LogP contribution is -2.35. The largest absolute Gasteiger partial charge is 0.457 e. The second-order valence-corrected chi connectivity index (χ2v) is 6.55. The molecule has 2 aromatic carbocycles. The maximum absolute atomic E-state index is 12.6. The molecule has 0 bridgehead atoms. The van der Waals surface area contributed by atoms with E-state index in [1.54, 1.807) is 36.4 Å². The van der Waals surface area contributed by atoms with Gasteiger partial charge < -0.3 is 4.42 Å². The summed E-state index contributed by atoms with van der Waals surface area (Å²) in [6.07, 6.45) is 1.44. The fraction of sp³-hybridized carbons (Fsp3) is 0.0476. The van der Waals surface area contributed by atoms with E-state index in [9.17, 15) is 9.59 Å². The number of nitrogens with one attached hydrogen (secondary N) is 1. The van der Waals surface area contributed by atoms with Gasteiger partial charge in [-0.3, -0.25) is 15.0 Å². The zero-order valence-electron chi connectivity index (χ0n) is 14.4. The van der Waals surface area contributed by atoms with Crippen LogP contribution >= 0.6 is 11.6 Å². The Balaban J connectivity index is 1.62. The third-order valence-corrected chi connectivity index (χ3v) is 4.68. The Morgan fingerprint density at radius 2 is 1.81 bits per heavy atom. The van der Waals surface area contributed by atoms with Crippen LogP contribution in [0.3, 0.4) is 0 Å². The Morgan fingerprint density at radius 3 is 2.56 bits per heavy atom. The Kier molecular flexibility index (Phi) is 4.30. The van der Waals surface area contributed by atoms with Gasteiger partial charge in [-0.05, 0) is 48.9 Å². The predicted octanol–water partition coefficient (Wildman–Crippen LogP) is 4.37. The van der Waals surface area contributed by atoms with Gasteiger partial charge in [0.1, 0.15) is 17.1 Å². The first-order chi connectivity index (χ1) is 13.0. The first-order valence-corrected chi connectivity index (χ1v) is 8.69. The number of rotatable bonds is 3. The van der Waals surface area contributed by atoms with Crippen LogP contribution in [0, 0.1) is 6.92 Å². The molecule has 0 radical (unpaired) electrons. The van der Waals surface area contributed by atoms with E-state index in [0.717, 1.165) is 11.1 Å². The van der Waals surface area contributed by atoms with Crippen molar-refractivity contribution in [2.45, 2.75) is 6.92 Å². The number of carbonyl (C=O) groups excluding carboxylic acids is 2. The highest BCUT2D eigenvalue weighted by Gasteiger charge is 2.34. The molecule has 0 unspecified atom stereocenters. The quantitative estimate of drug-likeness (QED) is 0.543. The van der Waals surface area contributed by atoms with E-state index in [1.165, 1.54) is 11.1 Å². The van der Waals surface area contributed by atoms with Crippen LogP contribution in [0.2, 0.25) is 5.02 Å². The summed E-state index contributed by atoms with van der Waals surface area (Å²) in [4.78, 5) is 24.8. The third kappa shape index (κ3) is 3.25. The molecule has 1 N–H and O–H groups in total. The molecule has 0 aliphatic carbocycles. The lowest BCUT2D eigenvalue weighted by atomic mass is 10.1. The van der Waals surface area contributed by atoms with Crippen LogP contribution in [0.1, 0.15) is 11.3 Å². The van der Waals surface area contributed by atoms with Gasteiger partial charge in [0.15, 0.2) is 0 Å². The monoisotopic (exact) mass is 378 g/mol. The second kappa shape index (κ2) is 6.78. The summed E-state index contributed by atoms with van der Waals surface area (Å²) in [5.74, 6) is 0.118. The smallest absolute Gasteiger partial charge is 0.282 e. The zero-order valence-corrected chi connectivity index (χ0v) is 15.2. The lowest BCUT2D eigenvalue weighted by molar-refractivity contribution is -0.117. The highest BCUT2D eigenvalue weighted by molar-refractivity contribution is 6.32. The lowest BCUT2D eigenvalue weighted by Gasteiger charge is -2.13. The van der Waals surface area contributed by atoms with E-state index < -0.39 is 11.8 Å². The topological polar surface area (TPSA) is 62.6 Å². The highest BCUT2D eigenvalue weighted by atomic mass is 35.5. The molecule has 1 aliphatic rings. The van der Waals surface area contributed by atoms with E-state index in [4.69, 9.17) is 16.0 Å². The Morgan fingerprint density at radius 1 is 1.04 bits per heavy atom. The average molecular weight is 379 g/mol. The van der Waals surface area contributed by atoms with Gasteiger partial charge in [-0.25, -0.2) is 5.01 Å². The molecule has 1 aromatic heterocycles. The van der Waals surface area contributed by atoms with Gasteiger partial charge in [-0.2, -0.15) is 0 Å². The van der Waals surface area contributed by atoms with Gasteiger partial charge in [-0.1, -0.05) is 41.9 Å². The van der Waals surface area contributed by atoms with Crippen molar-refractivity contribution in [2.24, 2.45) is 0 Å². The van der Waals surface area contributed by atoms with Crippen LogP contribution < -0.4 is 10.4 Å². The number of carbonyl (C=O) groups is 2. The number of hydrazine groups is 1. The molecule has 0 spiro atoms. The Bertz CT molecular complexity index is 1070. The first-order valence-electron chi connectivity index (χ1n) is 8.31. The summed E-state index contributed by atoms with van der Waals surface area (Å²) in [7, 11) is 0. The molecule has 6 heteroatoms. The number of hydrogen-bond donors (Lipinski definition) is 1. The van der Waals surface area contributed by atoms with Gasteiger partial charge >= 0.3 is 0 Å². The first kappa shape index (κ1) is 17.1. The molecular formula is C21H15ClN2O3. The molecule has 4 rings (SSSR count). The van der Waals surface area contributed by atoms with Crippen molar-refractivity contribution in [1.29, 1.82) is 0 Å². The number of aryl methyl sites for hydroxylation is 1. The number of benzene rings is 2. The number of nitrogens with zero attached hydrogens (tertiary/aromatic N) is 1. The molecule has 27 heavy (non-hydrogen) atoms. The van der Waals surface area contributed by atoms with Crippen LogP contribution in [0.5, 0.6) is 0 Å². The van der Waals surface area contributed by atoms with E-state index >= 15 is 0 Å². The molecule has 0 atom stereocenters. The van der Waals surface area contributed by atoms with Crippen LogP contribution in [-0.2, 0) is 9.59 Å². The van der Waals surface area contributed by atoms with Crippen molar-refractivity contribution in [3.05, 3.63) is 82.6 Å². The number of anilines is 1. The number of halogens is 1. The van der Waals surface area contributed by atoms with Gasteiger partial charge in [0.05, 0.1) is 5.69 Å². The summed E-state index contributed by atoms with van der Waals surface area (Å²) in [6, 6.07) is 18.0. The summed E-state index contributed by atoms with van der Waals surface area (Å²) >= 11 is 6.16. The SMILES string of the molecule is Cc1ccc(-c2ccc(/C=C3\C(=O)NN(c4ccccc4)C3=O)o2)cc1Cl. The average Bonchev–Trinajstić information content (AvgIpc) is 3.25. The Labute approximate surface area is 160 Å². The van der Waals surface area contributed by atoms with Crippen molar-refractivity contribution < 1.29 is 14.0 Å². The predicted molar refractivity (Wildman–Crippen MR) is 104 cm³/mol. The van der Waals surface area contributed by atoms with Crippen LogP contribution in [0.25, 0.3) is 17.4 Å². The maximum Gasteiger partial charge on any atom is 0.282 e. The molecule has 134 valence electrons. The van der Waals surface area contributed by atoms with E-state index in [1.807, 2.05) is 31.2 Å². The number of furan rings is 1. The minimum Gasteiger partial charge on any atom is -0.457 e. The van der Waals surface area contributed by atoms with Gasteiger partial charge in [0.25, 0.3) is 11.8 Å². The van der Waals surface area contributed by atoms with Gasteiger partial charge in [0, 0.05) is 10.6 Å². The van der Waals surface area contributed by atoms with E-state index in [-0.39, 0.29) is 5.57 Å². The molecule has 1 aliphatic heterocycles. The van der Waals surface area contributed by atoms with E-state index in [2.05, 4.69) is 5.43 Å². The van der Waals surface area contributed by atoms with Crippen molar-refractivity contribution in [2.75, 3.05) is 5.01 Å². The molecule has 5 nitrogen and oxygen atoms in total. The molecule has 1 fully saturated rings. The minimum atomic E-state index is -0.472. The van der Waals surface area contributed by atoms with E-state index in [0.29, 0.717) is 22.2 Å². The molecule has 0 saturated carbocycles. The fourth-order valence-corrected chi connectivity index (χ4v) is 2.97. The van der Waals surface area contributed by atoms with Gasteiger partial charge in [0.2, 0.25) is 0 Å². The van der Waals surface area contributed by atoms with Crippen molar-refractivity contribution in [1.82, 2.24) is 5.43 Å². The van der Waals surface area contributed by atoms with Gasteiger partial charge in [-0.15, -0.1) is 0 Å². The van der Waals surface area contributed by atoms with Crippen molar-refractivity contribution in [3.63, 3.8) is 0 Å². The summed E-state index contributed by atoms with van der Waals surface area (Å²) in [5.41, 5.74) is 4.96.